The quantitative estimate of drug-likeness (QED) is 0.504. The van der Waals surface area contributed by atoms with Crippen molar-refractivity contribution in [2.75, 3.05) is 6.54 Å². The third kappa shape index (κ3) is 6.87. The Labute approximate surface area is 172 Å². The Kier molecular flexibility index (Phi) is 7.58. The van der Waals surface area contributed by atoms with Crippen molar-refractivity contribution in [3.8, 4) is 5.75 Å². The largest absolute Gasteiger partial charge is 0.435 e. The molecule has 0 spiro atoms. The molecule has 2 aromatic carbocycles. The average molecular weight is 414 g/mol. The number of alkyl halides is 2. The van der Waals surface area contributed by atoms with E-state index in [4.69, 9.17) is 0 Å². The van der Waals surface area contributed by atoms with E-state index in [9.17, 15) is 13.6 Å². The molecule has 0 bridgehead atoms. The fraction of sp³-hybridized carbons (Fsp3) is 0.182. The Morgan fingerprint density at radius 1 is 1.03 bits per heavy atom. The standard InChI is InChI=1S/C22H20F2N2O2S/c23-22(24)28-19-7-3-16(4-8-19)11-13-26-21(27)18-5-9-20(10-6-18)29-15-17-2-1-12-25-14-17/h1-10,12,14,22H,11,13,15H2,(H,26,27). The smallest absolute Gasteiger partial charge is 0.387 e. The predicted molar refractivity (Wildman–Crippen MR) is 109 cm³/mol. The summed E-state index contributed by atoms with van der Waals surface area (Å²) in [5.74, 6) is 0.793. The number of amides is 1. The van der Waals surface area contributed by atoms with E-state index in [-0.39, 0.29) is 11.7 Å². The normalized spacial score (nSPS) is 10.7. The van der Waals surface area contributed by atoms with Crippen LogP contribution in [0.1, 0.15) is 21.5 Å². The summed E-state index contributed by atoms with van der Waals surface area (Å²) in [4.78, 5) is 17.4. The van der Waals surface area contributed by atoms with Gasteiger partial charge in [0.1, 0.15) is 5.75 Å². The van der Waals surface area contributed by atoms with Gasteiger partial charge in [-0.1, -0.05) is 18.2 Å². The van der Waals surface area contributed by atoms with Crippen LogP contribution < -0.4 is 10.1 Å². The number of hydrogen-bond donors (Lipinski definition) is 1. The number of carbonyl (C=O) groups excluding carboxylic acids is 1. The van der Waals surface area contributed by atoms with Crippen LogP contribution in [-0.2, 0) is 12.2 Å². The maximum absolute atomic E-state index is 12.3. The van der Waals surface area contributed by atoms with Crippen LogP contribution in [0.3, 0.4) is 0 Å². The number of rotatable bonds is 9. The number of thioether (sulfide) groups is 1. The Morgan fingerprint density at radius 3 is 2.45 bits per heavy atom. The first-order valence-corrected chi connectivity index (χ1v) is 10.0. The molecule has 1 N–H and O–H groups in total. The van der Waals surface area contributed by atoms with Crippen LogP contribution in [-0.4, -0.2) is 24.0 Å². The molecule has 0 aliphatic rings. The zero-order chi connectivity index (χ0) is 20.5. The molecule has 0 saturated carbocycles. The van der Waals surface area contributed by atoms with E-state index in [1.807, 2.05) is 30.5 Å². The van der Waals surface area contributed by atoms with Crippen molar-refractivity contribution in [3.05, 3.63) is 89.7 Å². The highest BCUT2D eigenvalue weighted by molar-refractivity contribution is 7.98. The van der Waals surface area contributed by atoms with Gasteiger partial charge in [-0.2, -0.15) is 8.78 Å². The number of nitrogens with zero attached hydrogens (tertiary/aromatic N) is 1. The lowest BCUT2D eigenvalue weighted by atomic mass is 10.1. The Morgan fingerprint density at radius 2 is 1.79 bits per heavy atom. The van der Waals surface area contributed by atoms with Crippen molar-refractivity contribution in [3.63, 3.8) is 0 Å². The number of carbonyl (C=O) groups is 1. The van der Waals surface area contributed by atoms with Gasteiger partial charge in [-0.05, 0) is 60.0 Å². The minimum Gasteiger partial charge on any atom is -0.435 e. The van der Waals surface area contributed by atoms with Crippen LogP contribution in [0.25, 0.3) is 0 Å². The van der Waals surface area contributed by atoms with Gasteiger partial charge in [0.25, 0.3) is 5.91 Å². The summed E-state index contributed by atoms with van der Waals surface area (Å²) < 4.78 is 28.6. The van der Waals surface area contributed by atoms with Crippen molar-refractivity contribution in [1.29, 1.82) is 0 Å². The lowest BCUT2D eigenvalue weighted by Gasteiger charge is -2.08. The SMILES string of the molecule is O=C(NCCc1ccc(OC(F)F)cc1)c1ccc(SCc2cccnc2)cc1. The average Bonchev–Trinajstić information content (AvgIpc) is 2.74. The minimum absolute atomic E-state index is 0.120. The summed E-state index contributed by atoms with van der Waals surface area (Å²) in [6.07, 6.45) is 4.19. The molecular formula is C22H20F2N2O2S. The molecule has 29 heavy (non-hydrogen) atoms. The maximum Gasteiger partial charge on any atom is 0.387 e. The van der Waals surface area contributed by atoms with Crippen molar-refractivity contribution < 1.29 is 18.3 Å². The molecule has 3 aromatic rings. The number of halogens is 2. The van der Waals surface area contributed by atoms with E-state index in [2.05, 4.69) is 15.0 Å². The van der Waals surface area contributed by atoms with E-state index in [0.717, 1.165) is 21.8 Å². The number of nitrogens with one attached hydrogen (secondary N) is 1. The molecule has 1 aromatic heterocycles. The molecule has 0 fully saturated rings. The highest BCUT2D eigenvalue weighted by atomic mass is 32.2. The third-order valence-corrected chi connectivity index (χ3v) is 5.18. The summed E-state index contributed by atoms with van der Waals surface area (Å²) in [5, 5.41) is 2.87. The van der Waals surface area contributed by atoms with E-state index < -0.39 is 6.61 Å². The van der Waals surface area contributed by atoms with Gasteiger partial charge in [0.05, 0.1) is 0 Å². The first kappa shape index (κ1) is 20.8. The fourth-order valence-corrected chi connectivity index (χ4v) is 3.45. The van der Waals surface area contributed by atoms with Crippen LogP contribution >= 0.6 is 11.8 Å². The Bertz CT molecular complexity index is 904. The molecule has 150 valence electrons. The summed E-state index contributed by atoms with van der Waals surface area (Å²) in [5.41, 5.74) is 2.67. The Balaban J connectivity index is 1.43. The highest BCUT2D eigenvalue weighted by Gasteiger charge is 2.07. The van der Waals surface area contributed by atoms with Gasteiger partial charge in [0, 0.05) is 35.2 Å². The monoisotopic (exact) mass is 414 g/mol. The van der Waals surface area contributed by atoms with E-state index >= 15 is 0 Å². The highest BCUT2D eigenvalue weighted by Crippen LogP contribution is 2.22. The second-order valence-electron chi connectivity index (χ2n) is 6.20. The molecule has 0 aliphatic heterocycles. The number of hydrogen-bond acceptors (Lipinski definition) is 4. The van der Waals surface area contributed by atoms with Gasteiger partial charge in [0.2, 0.25) is 0 Å². The molecule has 4 nitrogen and oxygen atoms in total. The molecular weight excluding hydrogens is 394 g/mol. The zero-order valence-corrected chi connectivity index (χ0v) is 16.4. The molecule has 0 radical (unpaired) electrons. The van der Waals surface area contributed by atoms with Crippen molar-refractivity contribution in [2.24, 2.45) is 0 Å². The topological polar surface area (TPSA) is 51.2 Å². The predicted octanol–water partition coefficient (Wildman–Crippen LogP) is 4.95. The number of benzene rings is 2. The van der Waals surface area contributed by atoms with E-state index in [1.54, 1.807) is 42.2 Å². The third-order valence-electron chi connectivity index (χ3n) is 4.09. The second kappa shape index (κ2) is 10.6. The van der Waals surface area contributed by atoms with Crippen molar-refractivity contribution in [2.45, 2.75) is 23.7 Å². The van der Waals surface area contributed by atoms with Gasteiger partial charge in [-0.15, -0.1) is 11.8 Å². The lowest BCUT2D eigenvalue weighted by molar-refractivity contribution is -0.0498. The van der Waals surface area contributed by atoms with Gasteiger partial charge < -0.3 is 10.1 Å². The van der Waals surface area contributed by atoms with E-state index in [0.29, 0.717) is 18.5 Å². The maximum atomic E-state index is 12.3. The second-order valence-corrected chi connectivity index (χ2v) is 7.25. The zero-order valence-electron chi connectivity index (χ0n) is 15.6. The van der Waals surface area contributed by atoms with Gasteiger partial charge in [-0.25, -0.2) is 0 Å². The number of aromatic nitrogens is 1. The molecule has 0 atom stereocenters. The molecule has 0 aliphatic carbocycles. The fourth-order valence-electron chi connectivity index (χ4n) is 2.61. The Hall–Kier alpha value is -2.93. The van der Waals surface area contributed by atoms with Crippen LogP contribution in [0, 0.1) is 0 Å². The first-order chi connectivity index (χ1) is 14.1. The van der Waals surface area contributed by atoms with Crippen LogP contribution in [0.4, 0.5) is 8.78 Å². The van der Waals surface area contributed by atoms with Crippen LogP contribution in [0.15, 0.2) is 78.0 Å². The molecule has 0 saturated heterocycles. The first-order valence-electron chi connectivity index (χ1n) is 9.04. The van der Waals surface area contributed by atoms with Crippen molar-refractivity contribution >= 4 is 17.7 Å². The molecule has 3 rings (SSSR count). The summed E-state index contributed by atoms with van der Waals surface area (Å²) >= 11 is 1.68. The van der Waals surface area contributed by atoms with Gasteiger partial charge in [-0.3, -0.25) is 9.78 Å². The van der Waals surface area contributed by atoms with Gasteiger partial charge in [0.15, 0.2) is 0 Å². The van der Waals surface area contributed by atoms with E-state index in [1.165, 1.54) is 12.1 Å². The van der Waals surface area contributed by atoms with Crippen molar-refractivity contribution in [1.82, 2.24) is 10.3 Å². The summed E-state index contributed by atoms with van der Waals surface area (Å²) in [6, 6.07) is 17.8. The molecule has 1 amide bonds. The number of pyridine rings is 1. The van der Waals surface area contributed by atoms with Gasteiger partial charge >= 0.3 is 6.61 Å². The minimum atomic E-state index is -2.83. The van der Waals surface area contributed by atoms with Crippen LogP contribution in [0.5, 0.6) is 5.75 Å². The molecule has 0 unspecified atom stereocenters. The molecule has 7 heteroatoms. The molecule has 1 heterocycles. The van der Waals surface area contributed by atoms with Crippen LogP contribution in [0.2, 0.25) is 0 Å². The summed E-state index contributed by atoms with van der Waals surface area (Å²) in [6.45, 7) is -2.38. The lowest BCUT2D eigenvalue weighted by Crippen LogP contribution is -2.25. The summed E-state index contributed by atoms with van der Waals surface area (Å²) in [7, 11) is 0. The number of ether oxygens (including phenoxy) is 1.